The summed E-state index contributed by atoms with van der Waals surface area (Å²) in [6.07, 6.45) is 6.03. The van der Waals surface area contributed by atoms with Crippen molar-refractivity contribution in [3.63, 3.8) is 0 Å². The van der Waals surface area contributed by atoms with Crippen molar-refractivity contribution in [3.8, 4) is 0 Å². The van der Waals surface area contributed by atoms with Crippen LogP contribution in [0.2, 0.25) is 17.3 Å². The molecule has 0 fully saturated rings. The van der Waals surface area contributed by atoms with Gasteiger partial charge in [0.1, 0.15) is 0 Å². The van der Waals surface area contributed by atoms with Gasteiger partial charge in [-0.1, -0.05) is 0 Å². The predicted molar refractivity (Wildman–Crippen MR) is 113 cm³/mol. The Bertz CT molecular complexity index is 445. The quantitative estimate of drug-likeness (QED) is 0.368. The fourth-order valence-corrected chi connectivity index (χ4v) is 23.7. The molecule has 0 atom stereocenters. The van der Waals surface area contributed by atoms with Crippen LogP contribution < -0.4 is 9.78 Å². The fourth-order valence-electron chi connectivity index (χ4n) is 3.14. The number of hydrogen-bond acceptors (Lipinski definition) is 3. The van der Waals surface area contributed by atoms with Crippen LogP contribution in [-0.2, 0) is 21.1 Å². The van der Waals surface area contributed by atoms with Crippen LogP contribution in [0.3, 0.4) is 0 Å². The number of hydrogen-bond donors (Lipinski definition) is 3. The van der Waals surface area contributed by atoms with Crippen molar-refractivity contribution in [1.82, 2.24) is 9.78 Å². The van der Waals surface area contributed by atoms with Gasteiger partial charge in [-0.25, -0.2) is 0 Å². The zero-order chi connectivity index (χ0) is 19.3. The standard InChI is InChI=1S/C8H13Ge.3C4H10N.Zr/c1-9(2,3)8-6-4-5-7-8;3*1-4(2)3-5;/h4,6H,5H2,1-3H3;3*4-5H,3H2,1-2H3;/q;3*-1;+3. The first-order chi connectivity index (χ1) is 11.5. The molecular formula is C20H43GeN3Zr. The van der Waals surface area contributed by atoms with Gasteiger partial charge in [-0.15, -0.1) is 0 Å². The summed E-state index contributed by atoms with van der Waals surface area (Å²) in [6, 6.07) is 0. The Labute approximate surface area is 165 Å². The van der Waals surface area contributed by atoms with Gasteiger partial charge < -0.3 is 0 Å². The summed E-state index contributed by atoms with van der Waals surface area (Å²) in [7, 11) is 0. The van der Waals surface area contributed by atoms with E-state index < -0.39 is 34.4 Å². The Hall–Kier alpha value is 0.786. The maximum absolute atomic E-state index is 4.11. The van der Waals surface area contributed by atoms with Crippen LogP contribution in [0, 0.1) is 17.8 Å². The second-order valence-corrected chi connectivity index (χ2v) is 28.2. The Balaban J connectivity index is 3.29. The summed E-state index contributed by atoms with van der Waals surface area (Å²) in [5, 5.41) is 0. The van der Waals surface area contributed by atoms with Crippen LogP contribution in [-0.4, -0.2) is 32.9 Å². The van der Waals surface area contributed by atoms with Gasteiger partial charge in [0.15, 0.2) is 0 Å². The molecule has 0 saturated heterocycles. The second kappa shape index (κ2) is 10.4. The van der Waals surface area contributed by atoms with E-state index in [-0.39, 0.29) is 0 Å². The van der Waals surface area contributed by atoms with Crippen molar-refractivity contribution in [1.29, 1.82) is 0 Å². The Morgan fingerprint density at radius 1 is 0.840 bits per heavy atom. The molecule has 1 aliphatic rings. The van der Waals surface area contributed by atoms with Gasteiger partial charge in [0.2, 0.25) is 0 Å². The Kier molecular flexibility index (Phi) is 9.88. The molecule has 0 spiro atoms. The van der Waals surface area contributed by atoms with Gasteiger partial charge in [-0.05, 0) is 0 Å². The average molecular weight is 489 g/mol. The first-order valence-corrected chi connectivity index (χ1v) is 22.4. The summed E-state index contributed by atoms with van der Waals surface area (Å²) in [5.41, 5.74) is 0. The number of nitrogens with one attached hydrogen (secondary N) is 3. The van der Waals surface area contributed by atoms with Crippen molar-refractivity contribution in [2.75, 3.05) is 19.6 Å². The van der Waals surface area contributed by atoms with Crippen LogP contribution >= 0.6 is 0 Å². The molecule has 146 valence electrons. The monoisotopic (exact) mass is 489 g/mol. The third kappa shape index (κ3) is 7.74. The summed E-state index contributed by atoms with van der Waals surface area (Å²) in [4.78, 5) is 0. The molecule has 0 unspecified atom stereocenters. The first-order valence-electron chi connectivity index (χ1n) is 10.1. The Morgan fingerprint density at radius 2 is 1.24 bits per heavy atom. The van der Waals surface area contributed by atoms with E-state index in [2.05, 4.69) is 80.7 Å². The second-order valence-electron chi connectivity index (χ2n) is 9.82. The van der Waals surface area contributed by atoms with Crippen LogP contribution in [0.5, 0.6) is 0 Å². The molecule has 3 nitrogen and oxygen atoms in total. The third-order valence-corrected chi connectivity index (χ3v) is 19.0. The molecule has 0 aromatic heterocycles. The van der Waals surface area contributed by atoms with Crippen LogP contribution in [0.15, 0.2) is 19.8 Å². The van der Waals surface area contributed by atoms with Gasteiger partial charge in [-0.2, -0.15) is 0 Å². The van der Waals surface area contributed by atoms with Gasteiger partial charge in [-0.3, -0.25) is 0 Å². The molecule has 25 heavy (non-hydrogen) atoms. The summed E-state index contributed by atoms with van der Waals surface area (Å²) in [6.45, 7) is 17.2. The van der Waals surface area contributed by atoms with E-state index in [0.717, 1.165) is 26.1 Å². The maximum atomic E-state index is 4.11. The van der Waals surface area contributed by atoms with E-state index in [4.69, 9.17) is 0 Å². The summed E-state index contributed by atoms with van der Waals surface area (Å²) >= 11 is -4.92. The molecule has 1 rings (SSSR count). The van der Waals surface area contributed by atoms with Crippen molar-refractivity contribution in [2.24, 2.45) is 17.8 Å². The van der Waals surface area contributed by atoms with Gasteiger partial charge in [0, 0.05) is 0 Å². The molecule has 1 aliphatic carbocycles. The van der Waals surface area contributed by atoms with E-state index in [1.165, 1.54) is 0 Å². The van der Waals surface area contributed by atoms with E-state index in [0.29, 0.717) is 17.8 Å². The van der Waals surface area contributed by atoms with Crippen molar-refractivity contribution in [2.45, 2.75) is 65.2 Å². The van der Waals surface area contributed by atoms with Crippen LogP contribution in [0.1, 0.15) is 48.0 Å². The molecule has 0 saturated carbocycles. The first kappa shape index (κ1) is 23.8. The molecule has 0 bridgehead atoms. The molecule has 0 radical (unpaired) electrons. The SMILES string of the molecule is CC(C)C[NH][Zr]([NH]CC(C)C)([NH]CC(C)C)[C]1=[C]([Ge]([CH3])([CH3])[CH3])C=CC1. The zero-order valence-corrected chi connectivity index (χ0v) is 22.8. The molecule has 0 aliphatic heterocycles. The van der Waals surface area contributed by atoms with Crippen LogP contribution in [0.25, 0.3) is 0 Å². The number of rotatable bonds is 11. The summed E-state index contributed by atoms with van der Waals surface area (Å²) in [5.74, 6) is 9.63. The van der Waals surface area contributed by atoms with Gasteiger partial charge in [0.25, 0.3) is 0 Å². The average Bonchev–Trinajstić information content (AvgIpc) is 2.96. The predicted octanol–water partition coefficient (Wildman–Crippen LogP) is 4.71. The molecule has 0 heterocycles. The van der Waals surface area contributed by atoms with E-state index >= 15 is 0 Å². The fraction of sp³-hybridized carbons (Fsp3) is 0.800. The molecular weight excluding hydrogens is 446 g/mol. The molecule has 0 aromatic carbocycles. The number of allylic oxidation sites excluding steroid dienone is 4. The molecule has 3 N–H and O–H groups in total. The topological polar surface area (TPSA) is 36.1 Å². The van der Waals surface area contributed by atoms with E-state index in [9.17, 15) is 0 Å². The Morgan fingerprint density at radius 3 is 1.56 bits per heavy atom. The molecule has 5 heteroatoms. The van der Waals surface area contributed by atoms with Crippen LogP contribution in [0.4, 0.5) is 0 Å². The van der Waals surface area contributed by atoms with Crippen molar-refractivity contribution < 1.29 is 21.1 Å². The minimum atomic E-state index is -3.05. The van der Waals surface area contributed by atoms with Gasteiger partial charge in [0.05, 0.1) is 0 Å². The van der Waals surface area contributed by atoms with Crippen molar-refractivity contribution in [3.05, 3.63) is 19.8 Å². The van der Waals surface area contributed by atoms with E-state index in [1.54, 1.807) is 7.69 Å². The third-order valence-electron chi connectivity index (χ3n) is 4.52. The summed E-state index contributed by atoms with van der Waals surface area (Å²) < 4.78 is 15.8. The zero-order valence-electron chi connectivity index (χ0n) is 18.2. The minimum absolute atomic E-state index is 0.673. The van der Waals surface area contributed by atoms with E-state index in [1.807, 2.05) is 0 Å². The molecule has 0 amide bonds. The normalized spacial score (nSPS) is 16.2. The molecule has 0 aromatic rings. The van der Waals surface area contributed by atoms with Crippen molar-refractivity contribution >= 4 is 13.3 Å². The van der Waals surface area contributed by atoms with Gasteiger partial charge >= 0.3 is 167 Å².